The minimum atomic E-state index is -0.723. The Morgan fingerprint density at radius 1 is 1.11 bits per heavy atom. The lowest BCUT2D eigenvalue weighted by atomic mass is 9.93. The van der Waals surface area contributed by atoms with Crippen molar-refractivity contribution in [3.05, 3.63) is 53.7 Å². The monoisotopic (exact) mass is 375 g/mol. The van der Waals surface area contributed by atoms with Gasteiger partial charge in [0.25, 0.3) is 0 Å². The summed E-state index contributed by atoms with van der Waals surface area (Å²) in [5, 5.41) is 10.5. The van der Waals surface area contributed by atoms with Crippen LogP contribution in [0.25, 0.3) is 22.0 Å². The third kappa shape index (κ3) is 3.17. The number of aromatic nitrogens is 1. The first-order valence-electron chi connectivity index (χ1n) is 10.3. The molecule has 0 amide bonds. The second-order valence-electron chi connectivity index (χ2n) is 8.18. The average molecular weight is 375 g/mol. The molecule has 1 heterocycles. The molecule has 0 radical (unpaired) electrons. The fourth-order valence-electron chi connectivity index (χ4n) is 4.87. The summed E-state index contributed by atoms with van der Waals surface area (Å²) < 4.78 is 6.47. The molecule has 1 aromatic heterocycles. The maximum absolute atomic E-state index is 11.3. The largest absolute Gasteiger partial charge is 0.490 e. The molecule has 2 aromatic carbocycles. The number of carboxylic acids is 1. The molecule has 1 fully saturated rings. The summed E-state index contributed by atoms with van der Waals surface area (Å²) in [6.07, 6.45) is 9.01. The second-order valence-corrected chi connectivity index (χ2v) is 8.18. The van der Waals surface area contributed by atoms with Gasteiger partial charge in [-0.2, -0.15) is 0 Å². The first-order valence-corrected chi connectivity index (χ1v) is 10.3. The summed E-state index contributed by atoms with van der Waals surface area (Å²) in [6, 6.07) is 12.9. The van der Waals surface area contributed by atoms with E-state index in [1.807, 2.05) is 6.20 Å². The van der Waals surface area contributed by atoms with Crippen LogP contribution < -0.4 is 4.74 Å². The number of H-pyrrole nitrogens is 1. The zero-order chi connectivity index (χ0) is 19.1. The molecule has 2 aliphatic rings. The van der Waals surface area contributed by atoms with E-state index in [0.717, 1.165) is 48.1 Å². The number of aromatic amines is 1. The van der Waals surface area contributed by atoms with Crippen molar-refractivity contribution in [1.29, 1.82) is 0 Å². The van der Waals surface area contributed by atoms with Crippen LogP contribution in [0.1, 0.15) is 55.6 Å². The highest BCUT2D eigenvalue weighted by atomic mass is 16.5. The van der Waals surface area contributed by atoms with Gasteiger partial charge in [0.2, 0.25) is 0 Å². The van der Waals surface area contributed by atoms with Crippen LogP contribution >= 0.6 is 0 Å². The van der Waals surface area contributed by atoms with E-state index in [9.17, 15) is 9.90 Å². The van der Waals surface area contributed by atoms with Crippen LogP contribution in [0.15, 0.2) is 42.6 Å². The van der Waals surface area contributed by atoms with E-state index in [-0.39, 0.29) is 12.3 Å². The SMILES string of the molecule is O=C(O)CC1CCc2cc(OC3CCCC3)c(-c3ccc4[nH]ccc4c3)cc21. The normalized spacial score (nSPS) is 19.2. The van der Waals surface area contributed by atoms with Gasteiger partial charge in [-0.1, -0.05) is 6.07 Å². The minimum Gasteiger partial charge on any atom is -0.490 e. The number of benzene rings is 2. The first kappa shape index (κ1) is 17.4. The molecule has 0 bridgehead atoms. The van der Waals surface area contributed by atoms with Crippen LogP contribution in [0.4, 0.5) is 0 Å². The Labute approximate surface area is 164 Å². The molecule has 1 atom stereocenters. The zero-order valence-corrected chi connectivity index (χ0v) is 15.9. The fourth-order valence-corrected chi connectivity index (χ4v) is 4.87. The van der Waals surface area contributed by atoms with Crippen molar-refractivity contribution in [3.63, 3.8) is 0 Å². The molecular formula is C24H25NO3. The third-order valence-electron chi connectivity index (χ3n) is 6.32. The van der Waals surface area contributed by atoms with Gasteiger partial charge in [-0.05, 0) is 96.9 Å². The third-order valence-corrected chi connectivity index (χ3v) is 6.32. The van der Waals surface area contributed by atoms with Gasteiger partial charge in [-0.15, -0.1) is 0 Å². The van der Waals surface area contributed by atoms with Gasteiger partial charge in [0.1, 0.15) is 5.75 Å². The van der Waals surface area contributed by atoms with Crippen molar-refractivity contribution < 1.29 is 14.6 Å². The Morgan fingerprint density at radius 2 is 1.96 bits per heavy atom. The van der Waals surface area contributed by atoms with Crippen LogP contribution in [0, 0.1) is 0 Å². The van der Waals surface area contributed by atoms with Gasteiger partial charge >= 0.3 is 5.97 Å². The summed E-state index contributed by atoms with van der Waals surface area (Å²) in [6.45, 7) is 0. The lowest BCUT2D eigenvalue weighted by Crippen LogP contribution is -2.12. The summed E-state index contributed by atoms with van der Waals surface area (Å²) in [5.41, 5.74) is 5.78. The molecule has 3 aromatic rings. The van der Waals surface area contributed by atoms with E-state index < -0.39 is 5.97 Å². The number of carboxylic acid groups (broad SMARTS) is 1. The molecule has 5 rings (SSSR count). The zero-order valence-electron chi connectivity index (χ0n) is 15.9. The van der Waals surface area contributed by atoms with E-state index in [1.165, 1.54) is 29.4 Å². The molecular weight excluding hydrogens is 350 g/mol. The number of ether oxygens (including phenoxy) is 1. The fraction of sp³-hybridized carbons (Fsp3) is 0.375. The predicted molar refractivity (Wildman–Crippen MR) is 110 cm³/mol. The van der Waals surface area contributed by atoms with E-state index in [1.54, 1.807) is 0 Å². The van der Waals surface area contributed by atoms with Crippen LogP contribution in [-0.2, 0) is 11.2 Å². The van der Waals surface area contributed by atoms with E-state index in [2.05, 4.69) is 41.4 Å². The summed E-state index contributed by atoms with van der Waals surface area (Å²) in [7, 11) is 0. The number of carbonyl (C=O) groups is 1. The summed E-state index contributed by atoms with van der Waals surface area (Å²) >= 11 is 0. The maximum atomic E-state index is 11.3. The first-order chi connectivity index (χ1) is 13.7. The van der Waals surface area contributed by atoms with Crippen LogP contribution in [0.3, 0.4) is 0 Å². The van der Waals surface area contributed by atoms with Gasteiger partial charge in [0.05, 0.1) is 12.5 Å². The lowest BCUT2D eigenvalue weighted by molar-refractivity contribution is -0.137. The van der Waals surface area contributed by atoms with Crippen molar-refractivity contribution in [1.82, 2.24) is 4.98 Å². The number of aryl methyl sites for hydroxylation is 1. The van der Waals surface area contributed by atoms with E-state index in [4.69, 9.17) is 4.74 Å². The number of fused-ring (bicyclic) bond motifs is 2. The Kier molecular flexibility index (Phi) is 4.34. The molecule has 0 aliphatic heterocycles. The molecule has 4 heteroatoms. The Hall–Kier alpha value is -2.75. The molecule has 4 nitrogen and oxygen atoms in total. The Morgan fingerprint density at radius 3 is 2.79 bits per heavy atom. The van der Waals surface area contributed by atoms with Crippen LogP contribution in [-0.4, -0.2) is 22.2 Å². The van der Waals surface area contributed by atoms with Crippen molar-refractivity contribution in [2.45, 2.75) is 57.0 Å². The molecule has 2 N–H and O–H groups in total. The predicted octanol–water partition coefficient (Wildman–Crippen LogP) is 5.66. The number of rotatable bonds is 5. The van der Waals surface area contributed by atoms with Gasteiger partial charge in [0.15, 0.2) is 0 Å². The summed E-state index contributed by atoms with van der Waals surface area (Å²) in [4.78, 5) is 14.6. The number of hydrogen-bond acceptors (Lipinski definition) is 2. The quantitative estimate of drug-likeness (QED) is 0.605. The Bertz CT molecular complexity index is 1030. The lowest BCUT2D eigenvalue weighted by Gasteiger charge is -2.19. The van der Waals surface area contributed by atoms with Crippen molar-refractivity contribution >= 4 is 16.9 Å². The average Bonchev–Trinajstić information content (AvgIpc) is 3.42. The molecule has 1 saturated carbocycles. The topological polar surface area (TPSA) is 62.3 Å². The van der Waals surface area contributed by atoms with Crippen molar-refractivity contribution in [3.8, 4) is 16.9 Å². The van der Waals surface area contributed by atoms with Gasteiger partial charge in [-0.25, -0.2) is 0 Å². The molecule has 28 heavy (non-hydrogen) atoms. The second kappa shape index (κ2) is 7.01. The highest BCUT2D eigenvalue weighted by Gasteiger charge is 2.28. The number of aliphatic carboxylic acids is 1. The van der Waals surface area contributed by atoms with Gasteiger partial charge in [0, 0.05) is 17.3 Å². The van der Waals surface area contributed by atoms with E-state index >= 15 is 0 Å². The highest BCUT2D eigenvalue weighted by Crippen LogP contribution is 2.43. The Balaban J connectivity index is 1.60. The highest BCUT2D eigenvalue weighted by molar-refractivity contribution is 5.86. The maximum Gasteiger partial charge on any atom is 0.303 e. The smallest absolute Gasteiger partial charge is 0.303 e. The van der Waals surface area contributed by atoms with Crippen molar-refractivity contribution in [2.75, 3.05) is 0 Å². The van der Waals surface area contributed by atoms with Gasteiger partial charge < -0.3 is 14.8 Å². The van der Waals surface area contributed by atoms with Crippen molar-refractivity contribution in [2.24, 2.45) is 0 Å². The molecule has 144 valence electrons. The molecule has 0 spiro atoms. The van der Waals surface area contributed by atoms with Crippen LogP contribution in [0.2, 0.25) is 0 Å². The standard InChI is InChI=1S/C24H25NO3/c26-24(27)13-17-6-5-16-12-23(28-19-3-1-2-4-19)21(14-20(16)17)15-7-8-22-18(11-15)9-10-25-22/h7-12,14,17,19,25H,1-6,13H2,(H,26,27). The minimum absolute atomic E-state index is 0.0998. The number of hydrogen-bond donors (Lipinski definition) is 2. The van der Waals surface area contributed by atoms with E-state index in [0.29, 0.717) is 6.10 Å². The van der Waals surface area contributed by atoms with Crippen LogP contribution in [0.5, 0.6) is 5.75 Å². The molecule has 1 unspecified atom stereocenters. The molecule has 0 saturated heterocycles. The summed E-state index contributed by atoms with van der Waals surface area (Å²) in [5.74, 6) is 0.332. The van der Waals surface area contributed by atoms with Gasteiger partial charge in [-0.3, -0.25) is 4.79 Å². The molecule has 2 aliphatic carbocycles. The number of nitrogens with one attached hydrogen (secondary N) is 1.